The number of carbonyl (C=O) groups excluding carboxylic acids is 1. The number of rotatable bonds is 4. The molecule has 4 atom stereocenters. The molecule has 5 heteroatoms. The number of fused-ring (bicyclic) bond motifs is 2. The van der Waals surface area contributed by atoms with Crippen molar-refractivity contribution in [3.05, 3.63) is 36.3 Å². The van der Waals surface area contributed by atoms with Crippen LogP contribution in [0, 0.1) is 23.7 Å². The third-order valence-corrected chi connectivity index (χ3v) is 4.38. The second-order valence-corrected chi connectivity index (χ2v) is 5.61. The number of carboxylic acids is 1. The Kier molecular flexibility index (Phi) is 3.12. The topological polar surface area (TPSA) is 70.8 Å². The van der Waals surface area contributed by atoms with Gasteiger partial charge in [-0.1, -0.05) is 12.2 Å². The Balaban J connectivity index is 1.76. The van der Waals surface area contributed by atoms with Crippen molar-refractivity contribution in [1.29, 1.82) is 0 Å². The third-order valence-electron chi connectivity index (χ3n) is 4.38. The molecule has 2 unspecified atom stereocenters. The van der Waals surface area contributed by atoms with Crippen molar-refractivity contribution in [2.24, 2.45) is 23.7 Å². The van der Waals surface area contributed by atoms with Gasteiger partial charge in [0.2, 0.25) is 5.91 Å². The van der Waals surface area contributed by atoms with E-state index in [4.69, 9.17) is 4.42 Å². The van der Waals surface area contributed by atoms with Gasteiger partial charge in [0.25, 0.3) is 0 Å². The van der Waals surface area contributed by atoms with Crippen LogP contribution in [0.25, 0.3) is 0 Å². The van der Waals surface area contributed by atoms with Crippen molar-refractivity contribution in [2.45, 2.75) is 13.0 Å². The van der Waals surface area contributed by atoms with Gasteiger partial charge in [0.15, 0.2) is 0 Å². The molecule has 0 aliphatic heterocycles. The first-order valence-corrected chi connectivity index (χ1v) is 6.76. The Bertz CT molecular complexity index is 548. The minimum absolute atomic E-state index is 0.00321. The fourth-order valence-corrected chi connectivity index (χ4v) is 3.46. The van der Waals surface area contributed by atoms with Crippen LogP contribution in [0.15, 0.2) is 35.0 Å². The molecule has 5 nitrogen and oxygen atoms in total. The number of allylic oxidation sites excluding steroid dienone is 2. The predicted molar refractivity (Wildman–Crippen MR) is 70.5 cm³/mol. The fraction of sp³-hybridized carbons (Fsp3) is 0.467. The van der Waals surface area contributed by atoms with Crippen LogP contribution in [0.1, 0.15) is 12.2 Å². The van der Waals surface area contributed by atoms with E-state index in [1.165, 1.54) is 0 Å². The molecule has 1 aromatic heterocycles. The summed E-state index contributed by atoms with van der Waals surface area (Å²) in [6, 6.07) is 3.58. The maximum absolute atomic E-state index is 12.6. The lowest BCUT2D eigenvalue weighted by molar-refractivity contribution is -0.150. The summed E-state index contributed by atoms with van der Waals surface area (Å²) < 4.78 is 5.23. The normalized spacial score (nSPS) is 30.6. The maximum Gasteiger partial charge on any atom is 0.307 e. The molecule has 0 aromatic carbocycles. The summed E-state index contributed by atoms with van der Waals surface area (Å²) in [5.41, 5.74) is 0. The summed E-state index contributed by atoms with van der Waals surface area (Å²) in [5, 5.41) is 9.37. The van der Waals surface area contributed by atoms with Crippen LogP contribution >= 0.6 is 0 Å². The number of carboxylic acid groups (broad SMARTS) is 1. The molecule has 2 aliphatic rings. The van der Waals surface area contributed by atoms with Crippen LogP contribution < -0.4 is 0 Å². The van der Waals surface area contributed by atoms with E-state index in [1.54, 1.807) is 30.3 Å². The first kappa shape index (κ1) is 13.0. The molecule has 0 radical (unpaired) electrons. The van der Waals surface area contributed by atoms with E-state index in [0.29, 0.717) is 12.3 Å². The van der Waals surface area contributed by atoms with Crippen LogP contribution in [0.4, 0.5) is 0 Å². The van der Waals surface area contributed by atoms with Gasteiger partial charge in [-0.3, -0.25) is 9.59 Å². The van der Waals surface area contributed by atoms with Crippen LogP contribution in [-0.2, 0) is 16.1 Å². The standard InChI is InChI=1S/C15H17NO4/c1-16(8-11-3-2-6-20-11)14(17)12-9-4-5-10(7-9)13(12)15(18)19/h2-6,9-10,12-13H,7-8H2,1H3,(H,18,19)/t9?,10?,12-,13+/m0/s1. The first-order valence-electron chi connectivity index (χ1n) is 6.76. The largest absolute Gasteiger partial charge is 0.481 e. The van der Waals surface area contributed by atoms with Gasteiger partial charge >= 0.3 is 5.97 Å². The molecule has 2 bridgehead atoms. The van der Waals surface area contributed by atoms with Crippen molar-refractivity contribution < 1.29 is 19.1 Å². The number of hydrogen-bond donors (Lipinski definition) is 1. The Morgan fingerprint density at radius 2 is 2.05 bits per heavy atom. The first-order chi connectivity index (χ1) is 9.58. The maximum atomic E-state index is 12.6. The van der Waals surface area contributed by atoms with Crippen molar-refractivity contribution in [3.8, 4) is 0 Å². The quantitative estimate of drug-likeness (QED) is 0.850. The molecule has 3 rings (SSSR count). The Morgan fingerprint density at radius 1 is 1.35 bits per heavy atom. The Labute approximate surface area is 116 Å². The van der Waals surface area contributed by atoms with Gasteiger partial charge in [-0.25, -0.2) is 0 Å². The number of nitrogens with zero attached hydrogens (tertiary/aromatic N) is 1. The van der Waals surface area contributed by atoms with Crippen molar-refractivity contribution in [1.82, 2.24) is 4.90 Å². The monoisotopic (exact) mass is 275 g/mol. The molecule has 106 valence electrons. The molecule has 1 saturated carbocycles. The number of hydrogen-bond acceptors (Lipinski definition) is 3. The summed E-state index contributed by atoms with van der Waals surface area (Å²) in [6.45, 7) is 0.371. The lowest BCUT2D eigenvalue weighted by atomic mass is 9.82. The average Bonchev–Trinajstić information content (AvgIpc) is 3.12. The Hall–Kier alpha value is -2.04. The second-order valence-electron chi connectivity index (χ2n) is 5.61. The smallest absolute Gasteiger partial charge is 0.307 e. The van der Waals surface area contributed by atoms with Gasteiger partial charge < -0.3 is 14.4 Å². The van der Waals surface area contributed by atoms with E-state index in [1.807, 2.05) is 12.2 Å². The highest BCUT2D eigenvalue weighted by Gasteiger charge is 2.52. The highest BCUT2D eigenvalue weighted by molar-refractivity contribution is 5.86. The molecule has 1 aromatic rings. The van der Waals surface area contributed by atoms with Gasteiger partial charge in [0, 0.05) is 7.05 Å². The van der Waals surface area contributed by atoms with E-state index >= 15 is 0 Å². The molecular weight excluding hydrogens is 258 g/mol. The molecule has 1 amide bonds. The Morgan fingerprint density at radius 3 is 2.65 bits per heavy atom. The number of aliphatic carboxylic acids is 1. The van der Waals surface area contributed by atoms with Gasteiger partial charge in [0.05, 0.1) is 24.6 Å². The molecule has 20 heavy (non-hydrogen) atoms. The molecule has 0 saturated heterocycles. The zero-order valence-corrected chi connectivity index (χ0v) is 11.2. The van der Waals surface area contributed by atoms with Crippen LogP contribution in [0.2, 0.25) is 0 Å². The highest BCUT2D eigenvalue weighted by Crippen LogP contribution is 2.48. The summed E-state index contributed by atoms with van der Waals surface area (Å²) in [5.74, 6) is -1.24. The number of amides is 1. The lowest BCUT2D eigenvalue weighted by Crippen LogP contribution is -2.40. The molecule has 1 heterocycles. The summed E-state index contributed by atoms with van der Waals surface area (Å²) in [6.07, 6.45) is 6.28. The van der Waals surface area contributed by atoms with E-state index in [9.17, 15) is 14.7 Å². The van der Waals surface area contributed by atoms with Gasteiger partial charge in [-0.05, 0) is 30.4 Å². The lowest BCUT2D eigenvalue weighted by Gasteiger charge is -2.28. The van der Waals surface area contributed by atoms with E-state index < -0.39 is 17.8 Å². The zero-order valence-electron chi connectivity index (χ0n) is 11.2. The second kappa shape index (κ2) is 4.81. The third kappa shape index (κ3) is 2.03. The van der Waals surface area contributed by atoms with E-state index in [-0.39, 0.29) is 17.7 Å². The van der Waals surface area contributed by atoms with Crippen LogP contribution in [-0.4, -0.2) is 28.9 Å². The molecular formula is C15H17NO4. The summed E-state index contributed by atoms with van der Waals surface area (Å²) in [4.78, 5) is 25.5. The van der Waals surface area contributed by atoms with Gasteiger partial charge in [-0.15, -0.1) is 0 Å². The fourth-order valence-electron chi connectivity index (χ4n) is 3.46. The SMILES string of the molecule is CN(Cc1ccco1)C(=O)[C@H]1C2C=CC(C2)[C@H]1C(=O)O. The molecule has 0 spiro atoms. The van der Waals surface area contributed by atoms with Crippen molar-refractivity contribution >= 4 is 11.9 Å². The van der Waals surface area contributed by atoms with E-state index in [0.717, 1.165) is 6.42 Å². The average molecular weight is 275 g/mol. The van der Waals surface area contributed by atoms with Crippen molar-refractivity contribution in [2.75, 3.05) is 7.05 Å². The van der Waals surface area contributed by atoms with Gasteiger partial charge in [-0.2, -0.15) is 0 Å². The van der Waals surface area contributed by atoms with E-state index in [2.05, 4.69) is 0 Å². The zero-order chi connectivity index (χ0) is 14.3. The minimum Gasteiger partial charge on any atom is -0.481 e. The number of carbonyl (C=O) groups is 2. The molecule has 1 N–H and O–H groups in total. The summed E-state index contributed by atoms with van der Waals surface area (Å²) >= 11 is 0. The van der Waals surface area contributed by atoms with Crippen molar-refractivity contribution in [3.63, 3.8) is 0 Å². The van der Waals surface area contributed by atoms with Gasteiger partial charge in [0.1, 0.15) is 5.76 Å². The summed E-state index contributed by atoms with van der Waals surface area (Å²) in [7, 11) is 1.69. The minimum atomic E-state index is -0.869. The number of furan rings is 1. The molecule has 1 fully saturated rings. The molecule has 2 aliphatic carbocycles. The highest BCUT2D eigenvalue weighted by atomic mass is 16.4. The van der Waals surface area contributed by atoms with Crippen LogP contribution in [0.3, 0.4) is 0 Å². The predicted octanol–water partition coefficient (Wildman–Crippen LogP) is 1.76. The van der Waals surface area contributed by atoms with Crippen LogP contribution in [0.5, 0.6) is 0 Å².